The van der Waals surface area contributed by atoms with Crippen LogP contribution in [0.3, 0.4) is 0 Å². The molecule has 0 aliphatic rings. The second kappa shape index (κ2) is 11.1. The van der Waals surface area contributed by atoms with Gasteiger partial charge in [0.1, 0.15) is 0 Å². The first-order chi connectivity index (χ1) is 18.3. The van der Waals surface area contributed by atoms with E-state index in [2.05, 4.69) is 14.8 Å². The van der Waals surface area contributed by atoms with Gasteiger partial charge in [0.05, 0.1) is 20.5 Å². The molecule has 11 heteroatoms. The number of aryl methyl sites for hydroxylation is 3. The van der Waals surface area contributed by atoms with Gasteiger partial charge in [0, 0.05) is 16.9 Å². The maximum absolute atomic E-state index is 12.8. The topological polar surface area (TPSA) is 121 Å². The molecule has 0 spiro atoms. The quantitative estimate of drug-likeness (QED) is 0.231. The van der Waals surface area contributed by atoms with E-state index in [1.807, 2.05) is 26.8 Å². The Hall–Kier alpha value is -3.86. The Morgan fingerprint density at radius 3 is 1.79 bits per heavy atom. The molecule has 1 amide bonds. The molecule has 0 aromatic heterocycles. The minimum atomic E-state index is -3.86. The first kappa shape index (κ1) is 28.2. The number of hydrogen-bond donors (Lipinski definition) is 3. The number of carbonyl (C=O) groups excluding carboxylic acids is 1. The summed E-state index contributed by atoms with van der Waals surface area (Å²) in [4.78, 5) is 12.9. The molecule has 4 rings (SSSR count). The molecular weight excluding hydrogens is 558 g/mol. The molecule has 0 aliphatic carbocycles. The van der Waals surface area contributed by atoms with Crippen LogP contribution in [0.25, 0.3) is 0 Å². The molecule has 0 saturated carbocycles. The molecule has 4 aromatic rings. The van der Waals surface area contributed by atoms with Gasteiger partial charge in [0.2, 0.25) is 0 Å². The third-order valence-electron chi connectivity index (χ3n) is 5.99. The maximum atomic E-state index is 12.8. The molecule has 8 nitrogen and oxygen atoms in total. The molecular formula is C28H26ClN3O5S2. The van der Waals surface area contributed by atoms with Crippen molar-refractivity contribution in [3.8, 4) is 0 Å². The Balaban J connectivity index is 1.43. The summed E-state index contributed by atoms with van der Waals surface area (Å²) in [6.45, 7) is 5.69. The summed E-state index contributed by atoms with van der Waals surface area (Å²) < 4.78 is 55.8. The average Bonchev–Trinajstić information content (AvgIpc) is 2.88. The minimum absolute atomic E-state index is 0.0342. The summed E-state index contributed by atoms with van der Waals surface area (Å²) in [6, 6.07) is 21.5. The molecule has 3 N–H and O–H groups in total. The van der Waals surface area contributed by atoms with Crippen LogP contribution in [0.5, 0.6) is 0 Å². The first-order valence-corrected chi connectivity index (χ1v) is 15.1. The Morgan fingerprint density at radius 2 is 1.21 bits per heavy atom. The van der Waals surface area contributed by atoms with Crippen molar-refractivity contribution >= 4 is 54.6 Å². The molecule has 0 bridgehead atoms. The number of carbonyl (C=O) groups is 1. The van der Waals surface area contributed by atoms with Gasteiger partial charge >= 0.3 is 0 Å². The highest BCUT2D eigenvalue weighted by atomic mass is 35.5. The molecule has 4 aromatic carbocycles. The monoisotopic (exact) mass is 583 g/mol. The Labute approximate surface area is 233 Å². The van der Waals surface area contributed by atoms with Crippen LogP contribution in [0.15, 0.2) is 94.7 Å². The first-order valence-electron chi connectivity index (χ1n) is 11.7. The third kappa shape index (κ3) is 6.78. The van der Waals surface area contributed by atoms with Crippen molar-refractivity contribution < 1.29 is 21.6 Å². The van der Waals surface area contributed by atoms with Gasteiger partial charge < -0.3 is 5.32 Å². The van der Waals surface area contributed by atoms with Crippen molar-refractivity contribution in [3.63, 3.8) is 0 Å². The molecule has 0 atom stereocenters. The second-order valence-electron chi connectivity index (χ2n) is 9.00. The molecule has 0 aliphatic heterocycles. The number of amides is 1. The summed E-state index contributed by atoms with van der Waals surface area (Å²) >= 11 is 6.27. The van der Waals surface area contributed by atoms with E-state index in [9.17, 15) is 21.6 Å². The van der Waals surface area contributed by atoms with Gasteiger partial charge in [-0.05, 0) is 98.6 Å². The summed E-state index contributed by atoms with van der Waals surface area (Å²) in [5.41, 5.74) is 4.07. The molecule has 0 radical (unpaired) electrons. The lowest BCUT2D eigenvalue weighted by molar-refractivity contribution is 0.102. The normalized spacial score (nSPS) is 11.6. The number of sulfonamides is 2. The van der Waals surface area contributed by atoms with Crippen LogP contribution in [0.2, 0.25) is 5.02 Å². The van der Waals surface area contributed by atoms with Crippen LogP contribution in [0, 0.1) is 20.8 Å². The van der Waals surface area contributed by atoms with Crippen molar-refractivity contribution in [1.29, 1.82) is 0 Å². The average molecular weight is 584 g/mol. The van der Waals surface area contributed by atoms with E-state index >= 15 is 0 Å². The van der Waals surface area contributed by atoms with Crippen molar-refractivity contribution in [2.24, 2.45) is 0 Å². The predicted octanol–water partition coefficient (Wildman–Crippen LogP) is 6.12. The van der Waals surface area contributed by atoms with Gasteiger partial charge in [0.25, 0.3) is 26.0 Å². The summed E-state index contributed by atoms with van der Waals surface area (Å²) in [5, 5.41) is 2.71. The highest BCUT2D eigenvalue weighted by Crippen LogP contribution is 2.27. The minimum Gasteiger partial charge on any atom is -0.322 e. The number of halogens is 1. The zero-order valence-corrected chi connectivity index (χ0v) is 23.7. The molecule has 0 heterocycles. The predicted molar refractivity (Wildman–Crippen MR) is 155 cm³/mol. The smallest absolute Gasteiger partial charge is 0.261 e. The van der Waals surface area contributed by atoms with E-state index in [1.165, 1.54) is 54.6 Å². The highest BCUT2D eigenvalue weighted by Gasteiger charge is 2.18. The Bertz CT molecular complexity index is 1750. The lowest BCUT2D eigenvalue weighted by atomic mass is 10.1. The lowest BCUT2D eigenvalue weighted by Gasteiger charge is -2.12. The van der Waals surface area contributed by atoms with Crippen LogP contribution in [0.4, 0.5) is 17.1 Å². The van der Waals surface area contributed by atoms with E-state index in [4.69, 9.17) is 11.6 Å². The summed E-state index contributed by atoms with van der Waals surface area (Å²) in [5.74, 6) is -0.506. The largest absolute Gasteiger partial charge is 0.322 e. The van der Waals surface area contributed by atoms with Gasteiger partial charge in [-0.2, -0.15) is 0 Å². The molecule has 202 valence electrons. The SMILES string of the molecule is Cc1ccc(S(=O)(=O)Nc2ccc(C(=O)Nc3ccc(S(=O)(=O)Nc4ccc(C)c(C)c4)cc3)cc2Cl)cc1. The summed E-state index contributed by atoms with van der Waals surface area (Å²) in [6.07, 6.45) is 0. The van der Waals surface area contributed by atoms with Crippen molar-refractivity contribution in [3.05, 3.63) is 112 Å². The lowest BCUT2D eigenvalue weighted by Crippen LogP contribution is -2.15. The van der Waals surface area contributed by atoms with E-state index in [0.29, 0.717) is 11.4 Å². The number of anilines is 3. The van der Waals surface area contributed by atoms with E-state index in [0.717, 1.165) is 16.7 Å². The maximum Gasteiger partial charge on any atom is 0.261 e. The third-order valence-corrected chi connectivity index (χ3v) is 9.08. The van der Waals surface area contributed by atoms with Crippen LogP contribution < -0.4 is 14.8 Å². The molecule has 0 fully saturated rings. The van der Waals surface area contributed by atoms with Gasteiger partial charge in [-0.1, -0.05) is 35.4 Å². The van der Waals surface area contributed by atoms with Gasteiger partial charge in [0.15, 0.2) is 0 Å². The van der Waals surface area contributed by atoms with Crippen molar-refractivity contribution in [2.45, 2.75) is 30.6 Å². The van der Waals surface area contributed by atoms with Crippen LogP contribution in [-0.4, -0.2) is 22.7 Å². The van der Waals surface area contributed by atoms with Gasteiger partial charge in [-0.25, -0.2) is 16.8 Å². The standard InChI is InChI=1S/C28H26ClN3O5S2/c1-18-4-11-24(12-5-18)39(36,37)32-27-15-7-21(17-26(27)29)28(33)30-22-9-13-25(14-10-22)38(34,35)31-23-8-6-19(2)20(3)16-23/h4-17,31-32H,1-3H3,(H,30,33). The molecule has 0 unspecified atom stereocenters. The number of rotatable bonds is 8. The van der Waals surface area contributed by atoms with Gasteiger partial charge in [-0.15, -0.1) is 0 Å². The van der Waals surface area contributed by atoms with Gasteiger partial charge in [-0.3, -0.25) is 14.2 Å². The fraction of sp³-hybridized carbons (Fsp3) is 0.107. The fourth-order valence-corrected chi connectivity index (χ4v) is 6.01. The van der Waals surface area contributed by atoms with E-state index in [-0.39, 0.29) is 26.1 Å². The van der Waals surface area contributed by atoms with Crippen molar-refractivity contribution in [1.82, 2.24) is 0 Å². The number of nitrogens with one attached hydrogen (secondary N) is 3. The number of hydrogen-bond acceptors (Lipinski definition) is 5. The van der Waals surface area contributed by atoms with Crippen LogP contribution in [0.1, 0.15) is 27.0 Å². The van der Waals surface area contributed by atoms with Crippen LogP contribution >= 0.6 is 11.6 Å². The Morgan fingerprint density at radius 1 is 0.641 bits per heavy atom. The highest BCUT2D eigenvalue weighted by molar-refractivity contribution is 7.93. The molecule has 39 heavy (non-hydrogen) atoms. The Kier molecular flexibility index (Phi) is 8.01. The number of benzene rings is 4. The van der Waals surface area contributed by atoms with E-state index in [1.54, 1.807) is 24.3 Å². The zero-order chi connectivity index (χ0) is 28.4. The second-order valence-corrected chi connectivity index (χ2v) is 12.8. The molecule has 0 saturated heterocycles. The zero-order valence-electron chi connectivity index (χ0n) is 21.3. The summed E-state index contributed by atoms with van der Waals surface area (Å²) in [7, 11) is -7.69. The van der Waals surface area contributed by atoms with Crippen LogP contribution in [-0.2, 0) is 20.0 Å². The van der Waals surface area contributed by atoms with E-state index < -0.39 is 26.0 Å². The van der Waals surface area contributed by atoms with Crippen molar-refractivity contribution in [2.75, 3.05) is 14.8 Å². The fourth-order valence-electron chi connectivity index (χ4n) is 3.60.